The number of hydrogen-bond acceptors (Lipinski definition) is 2. The quantitative estimate of drug-likeness (QED) is 0.716. The van der Waals surface area contributed by atoms with Gasteiger partial charge in [-0.15, -0.1) is 0 Å². The van der Waals surface area contributed by atoms with E-state index in [1.54, 1.807) is 6.92 Å². The summed E-state index contributed by atoms with van der Waals surface area (Å²) >= 11 is 0. The van der Waals surface area contributed by atoms with E-state index in [-0.39, 0.29) is 11.7 Å². The SMILES string of the molecule is CC(C#N)C(C#N)c1ccc(F)cc1. The van der Waals surface area contributed by atoms with Crippen LogP contribution in [0.3, 0.4) is 0 Å². The lowest BCUT2D eigenvalue weighted by Gasteiger charge is -2.10. The van der Waals surface area contributed by atoms with Crippen molar-refractivity contribution in [3.8, 4) is 12.1 Å². The van der Waals surface area contributed by atoms with Crippen molar-refractivity contribution in [2.75, 3.05) is 0 Å². The molecule has 0 saturated carbocycles. The fraction of sp³-hybridized carbons (Fsp3) is 0.273. The standard InChI is InChI=1S/C11H9FN2/c1-8(6-13)11(7-14)9-2-4-10(12)5-3-9/h2-5,8,11H,1H3. The van der Waals surface area contributed by atoms with Crippen LogP contribution in [0.25, 0.3) is 0 Å². The van der Waals surface area contributed by atoms with Crippen LogP contribution in [-0.2, 0) is 0 Å². The van der Waals surface area contributed by atoms with E-state index < -0.39 is 5.92 Å². The molecule has 0 heterocycles. The van der Waals surface area contributed by atoms with Gasteiger partial charge in [0.2, 0.25) is 0 Å². The van der Waals surface area contributed by atoms with Crippen molar-refractivity contribution in [1.29, 1.82) is 10.5 Å². The summed E-state index contributed by atoms with van der Waals surface area (Å²) in [7, 11) is 0. The third-order valence-corrected chi connectivity index (χ3v) is 2.07. The second-order valence-corrected chi connectivity index (χ2v) is 3.08. The summed E-state index contributed by atoms with van der Waals surface area (Å²) in [6, 6.07) is 9.72. The molecule has 2 nitrogen and oxygen atoms in total. The number of benzene rings is 1. The number of nitrogens with zero attached hydrogens (tertiary/aromatic N) is 2. The molecule has 70 valence electrons. The lowest BCUT2D eigenvalue weighted by molar-refractivity contribution is 0.622. The van der Waals surface area contributed by atoms with Crippen LogP contribution in [0.15, 0.2) is 24.3 Å². The minimum atomic E-state index is -0.486. The molecule has 0 amide bonds. The van der Waals surface area contributed by atoms with Crippen LogP contribution in [0.2, 0.25) is 0 Å². The first-order valence-electron chi connectivity index (χ1n) is 4.23. The van der Waals surface area contributed by atoms with E-state index in [4.69, 9.17) is 10.5 Å². The molecule has 0 aromatic heterocycles. The van der Waals surface area contributed by atoms with Gasteiger partial charge >= 0.3 is 0 Å². The van der Waals surface area contributed by atoms with Gasteiger partial charge in [-0.05, 0) is 24.6 Å². The van der Waals surface area contributed by atoms with Gasteiger partial charge in [0.25, 0.3) is 0 Å². The van der Waals surface area contributed by atoms with Gasteiger partial charge in [-0.25, -0.2) is 4.39 Å². The Morgan fingerprint density at radius 2 is 1.71 bits per heavy atom. The van der Waals surface area contributed by atoms with Crippen LogP contribution < -0.4 is 0 Å². The fourth-order valence-corrected chi connectivity index (χ4v) is 1.22. The van der Waals surface area contributed by atoms with E-state index in [0.29, 0.717) is 5.56 Å². The Labute approximate surface area is 82.2 Å². The Balaban J connectivity index is 2.98. The molecular weight excluding hydrogens is 179 g/mol. The molecule has 2 atom stereocenters. The van der Waals surface area contributed by atoms with Crippen molar-refractivity contribution in [2.45, 2.75) is 12.8 Å². The number of rotatable bonds is 2. The second-order valence-electron chi connectivity index (χ2n) is 3.08. The van der Waals surface area contributed by atoms with E-state index in [0.717, 1.165) is 0 Å². The van der Waals surface area contributed by atoms with E-state index in [1.165, 1.54) is 24.3 Å². The maximum absolute atomic E-state index is 12.6. The van der Waals surface area contributed by atoms with Gasteiger partial charge in [-0.2, -0.15) is 10.5 Å². The van der Waals surface area contributed by atoms with E-state index >= 15 is 0 Å². The van der Waals surface area contributed by atoms with Gasteiger partial charge in [-0.3, -0.25) is 0 Å². The molecular formula is C11H9FN2. The van der Waals surface area contributed by atoms with Crippen molar-refractivity contribution in [3.63, 3.8) is 0 Å². The Kier molecular flexibility index (Phi) is 3.20. The molecule has 0 aliphatic carbocycles. The largest absolute Gasteiger partial charge is 0.207 e. The summed E-state index contributed by atoms with van der Waals surface area (Å²) in [6.45, 7) is 1.68. The van der Waals surface area contributed by atoms with Crippen molar-refractivity contribution in [1.82, 2.24) is 0 Å². The van der Waals surface area contributed by atoms with Gasteiger partial charge in [0.15, 0.2) is 0 Å². The van der Waals surface area contributed by atoms with Crippen LogP contribution in [-0.4, -0.2) is 0 Å². The third-order valence-electron chi connectivity index (χ3n) is 2.07. The molecule has 14 heavy (non-hydrogen) atoms. The Morgan fingerprint density at radius 1 is 1.14 bits per heavy atom. The van der Waals surface area contributed by atoms with Gasteiger partial charge in [0.05, 0.1) is 24.0 Å². The predicted molar refractivity (Wildman–Crippen MR) is 49.5 cm³/mol. The Hall–Kier alpha value is -1.87. The molecule has 1 rings (SSSR count). The molecule has 0 fully saturated rings. The topological polar surface area (TPSA) is 47.6 Å². The summed E-state index contributed by atoms with van der Waals surface area (Å²) in [5, 5.41) is 17.5. The van der Waals surface area contributed by atoms with Gasteiger partial charge in [0.1, 0.15) is 5.82 Å². The number of nitriles is 2. The summed E-state index contributed by atoms with van der Waals surface area (Å²) in [4.78, 5) is 0. The molecule has 0 aliphatic rings. The smallest absolute Gasteiger partial charge is 0.123 e. The van der Waals surface area contributed by atoms with E-state index in [9.17, 15) is 4.39 Å². The molecule has 0 bridgehead atoms. The highest BCUT2D eigenvalue weighted by atomic mass is 19.1. The van der Waals surface area contributed by atoms with Gasteiger partial charge in [-0.1, -0.05) is 12.1 Å². The third kappa shape index (κ3) is 2.08. The molecule has 1 aromatic carbocycles. The molecule has 0 aliphatic heterocycles. The summed E-state index contributed by atoms with van der Waals surface area (Å²) in [5.74, 6) is -1.21. The molecule has 1 aromatic rings. The molecule has 0 spiro atoms. The van der Waals surface area contributed by atoms with Crippen LogP contribution in [0.5, 0.6) is 0 Å². The van der Waals surface area contributed by atoms with Crippen LogP contribution >= 0.6 is 0 Å². The highest BCUT2D eigenvalue weighted by molar-refractivity contribution is 5.27. The zero-order valence-corrected chi connectivity index (χ0v) is 7.74. The summed E-state index contributed by atoms with van der Waals surface area (Å²) < 4.78 is 12.6. The van der Waals surface area contributed by atoms with E-state index in [1.807, 2.05) is 12.1 Å². The van der Waals surface area contributed by atoms with Crippen molar-refractivity contribution in [3.05, 3.63) is 35.6 Å². The lowest BCUT2D eigenvalue weighted by Crippen LogP contribution is -2.05. The summed E-state index contributed by atoms with van der Waals surface area (Å²) in [6.07, 6.45) is 0. The van der Waals surface area contributed by atoms with Crippen molar-refractivity contribution >= 4 is 0 Å². The first-order chi connectivity index (χ1) is 6.69. The lowest BCUT2D eigenvalue weighted by atomic mass is 9.89. The zero-order chi connectivity index (χ0) is 10.6. The second kappa shape index (κ2) is 4.39. The van der Waals surface area contributed by atoms with Gasteiger partial charge < -0.3 is 0 Å². The predicted octanol–water partition coefficient (Wildman–Crippen LogP) is 2.59. The first kappa shape index (κ1) is 10.2. The maximum atomic E-state index is 12.6. The average molecular weight is 188 g/mol. The van der Waals surface area contributed by atoms with Gasteiger partial charge in [0, 0.05) is 0 Å². The first-order valence-corrected chi connectivity index (χ1v) is 4.23. The minimum Gasteiger partial charge on any atom is -0.207 e. The molecule has 0 radical (unpaired) electrons. The average Bonchev–Trinajstić information content (AvgIpc) is 2.21. The minimum absolute atomic E-state index is 0.338. The van der Waals surface area contributed by atoms with Crippen LogP contribution in [0.1, 0.15) is 18.4 Å². The van der Waals surface area contributed by atoms with Crippen LogP contribution in [0, 0.1) is 34.4 Å². The monoisotopic (exact) mass is 188 g/mol. The molecule has 0 saturated heterocycles. The normalized spacial score (nSPS) is 13.7. The fourth-order valence-electron chi connectivity index (χ4n) is 1.22. The van der Waals surface area contributed by atoms with Crippen LogP contribution in [0.4, 0.5) is 4.39 Å². The molecule has 0 N–H and O–H groups in total. The zero-order valence-electron chi connectivity index (χ0n) is 7.74. The number of hydrogen-bond donors (Lipinski definition) is 0. The Bertz CT molecular complexity index is 383. The van der Waals surface area contributed by atoms with Crippen molar-refractivity contribution in [2.24, 2.45) is 5.92 Å². The number of halogens is 1. The Morgan fingerprint density at radius 3 is 2.14 bits per heavy atom. The molecule has 3 heteroatoms. The van der Waals surface area contributed by atoms with Crippen molar-refractivity contribution < 1.29 is 4.39 Å². The van der Waals surface area contributed by atoms with E-state index in [2.05, 4.69) is 0 Å². The highest BCUT2D eigenvalue weighted by Gasteiger charge is 2.18. The highest BCUT2D eigenvalue weighted by Crippen LogP contribution is 2.23. The molecule has 2 unspecified atom stereocenters. The summed E-state index contributed by atoms with van der Waals surface area (Å²) in [5.41, 5.74) is 0.683. The maximum Gasteiger partial charge on any atom is 0.123 e.